The summed E-state index contributed by atoms with van der Waals surface area (Å²) < 4.78 is 2.19. The van der Waals surface area contributed by atoms with Crippen molar-refractivity contribution >= 4 is 28.4 Å². The zero-order valence-electron chi connectivity index (χ0n) is 15.1. The highest BCUT2D eigenvalue weighted by Gasteiger charge is 2.41. The lowest BCUT2D eigenvalue weighted by molar-refractivity contribution is -0.121. The minimum absolute atomic E-state index is 0.127. The summed E-state index contributed by atoms with van der Waals surface area (Å²) in [5.74, 6) is -0.666. The third kappa shape index (κ3) is 2.62. The maximum absolute atomic E-state index is 13.1. The Labute approximate surface area is 153 Å². The van der Waals surface area contributed by atoms with Crippen LogP contribution in [0, 0.1) is 6.92 Å². The van der Waals surface area contributed by atoms with Crippen molar-refractivity contribution in [3.8, 4) is 0 Å². The van der Waals surface area contributed by atoms with Crippen molar-refractivity contribution in [1.29, 1.82) is 0 Å². The molecule has 1 aromatic heterocycles. The number of hydrogen-bond acceptors (Lipinski definition) is 2. The first-order valence-corrected chi connectivity index (χ1v) is 9.11. The molecule has 1 atom stereocenters. The van der Waals surface area contributed by atoms with E-state index in [4.69, 9.17) is 0 Å². The number of benzene rings is 2. The second-order valence-corrected chi connectivity index (χ2v) is 6.95. The number of carbonyl (C=O) groups excluding carboxylic acids is 2. The lowest BCUT2D eigenvalue weighted by atomic mass is 9.97. The SMILES string of the molecule is CCCn1cc([C@@H]2CC(=O)N(c3ccc(C)cc3)C2=O)c2ccccc21. The molecule has 2 amide bonds. The topological polar surface area (TPSA) is 42.3 Å². The van der Waals surface area contributed by atoms with E-state index in [1.165, 1.54) is 4.90 Å². The molecule has 0 saturated carbocycles. The zero-order chi connectivity index (χ0) is 18.3. The Hall–Kier alpha value is -2.88. The number of para-hydroxylation sites is 1. The van der Waals surface area contributed by atoms with Crippen LogP contribution in [0.15, 0.2) is 54.7 Å². The molecule has 0 bridgehead atoms. The monoisotopic (exact) mass is 346 g/mol. The summed E-state index contributed by atoms with van der Waals surface area (Å²) in [7, 11) is 0. The van der Waals surface area contributed by atoms with Gasteiger partial charge in [0.05, 0.1) is 11.6 Å². The molecule has 1 saturated heterocycles. The molecule has 1 aliphatic heterocycles. The Bertz CT molecular complexity index is 985. The van der Waals surface area contributed by atoms with Gasteiger partial charge < -0.3 is 4.57 Å². The van der Waals surface area contributed by atoms with Gasteiger partial charge in [0, 0.05) is 30.1 Å². The van der Waals surface area contributed by atoms with Crippen LogP contribution >= 0.6 is 0 Å². The van der Waals surface area contributed by atoms with E-state index in [2.05, 4.69) is 23.8 Å². The number of fused-ring (bicyclic) bond motifs is 1. The average Bonchev–Trinajstić information content (AvgIpc) is 3.14. The van der Waals surface area contributed by atoms with E-state index in [1.807, 2.05) is 49.4 Å². The van der Waals surface area contributed by atoms with Gasteiger partial charge in [-0.05, 0) is 37.1 Å². The van der Waals surface area contributed by atoms with Gasteiger partial charge in [0.1, 0.15) is 0 Å². The van der Waals surface area contributed by atoms with Crippen molar-refractivity contribution in [2.45, 2.75) is 39.2 Å². The van der Waals surface area contributed by atoms with Crippen molar-refractivity contribution in [2.24, 2.45) is 0 Å². The molecule has 26 heavy (non-hydrogen) atoms. The normalized spacial score (nSPS) is 17.5. The van der Waals surface area contributed by atoms with Gasteiger partial charge in [-0.1, -0.05) is 42.8 Å². The van der Waals surface area contributed by atoms with Crippen molar-refractivity contribution in [1.82, 2.24) is 4.57 Å². The number of amides is 2. The van der Waals surface area contributed by atoms with E-state index < -0.39 is 5.92 Å². The van der Waals surface area contributed by atoms with Crippen molar-refractivity contribution in [3.05, 3.63) is 65.9 Å². The largest absolute Gasteiger partial charge is 0.347 e. The molecule has 0 N–H and O–H groups in total. The van der Waals surface area contributed by atoms with E-state index in [0.717, 1.165) is 35.0 Å². The summed E-state index contributed by atoms with van der Waals surface area (Å²) in [6, 6.07) is 15.7. The number of aromatic nitrogens is 1. The summed E-state index contributed by atoms with van der Waals surface area (Å²) in [6.07, 6.45) is 3.31. The third-order valence-corrected chi connectivity index (χ3v) is 5.10. The standard InChI is InChI=1S/C22H22N2O2/c1-3-12-23-14-19(17-6-4-5-7-20(17)23)18-13-21(25)24(22(18)26)16-10-8-15(2)9-11-16/h4-11,14,18H,3,12-13H2,1-2H3/t18-/m0/s1. The Morgan fingerprint density at radius 1 is 1.04 bits per heavy atom. The van der Waals surface area contributed by atoms with Gasteiger partial charge in [-0.3, -0.25) is 14.5 Å². The van der Waals surface area contributed by atoms with E-state index in [-0.39, 0.29) is 18.2 Å². The predicted molar refractivity (Wildman–Crippen MR) is 103 cm³/mol. The van der Waals surface area contributed by atoms with E-state index in [9.17, 15) is 9.59 Å². The molecular weight excluding hydrogens is 324 g/mol. The van der Waals surface area contributed by atoms with E-state index in [0.29, 0.717) is 5.69 Å². The first kappa shape index (κ1) is 16.6. The minimum atomic E-state index is -0.410. The summed E-state index contributed by atoms with van der Waals surface area (Å²) in [5, 5.41) is 1.07. The van der Waals surface area contributed by atoms with Gasteiger partial charge in [-0.2, -0.15) is 0 Å². The van der Waals surface area contributed by atoms with Crippen LogP contribution in [0.3, 0.4) is 0 Å². The summed E-state index contributed by atoms with van der Waals surface area (Å²) in [6.45, 7) is 5.03. The molecule has 3 aromatic rings. The van der Waals surface area contributed by atoms with E-state index in [1.54, 1.807) is 0 Å². The third-order valence-electron chi connectivity index (χ3n) is 5.10. The number of rotatable bonds is 4. The summed E-state index contributed by atoms with van der Waals surface area (Å²) in [4.78, 5) is 27.1. The molecule has 132 valence electrons. The van der Waals surface area contributed by atoms with Crippen molar-refractivity contribution < 1.29 is 9.59 Å². The van der Waals surface area contributed by atoms with Gasteiger partial charge in [0.2, 0.25) is 11.8 Å². The maximum atomic E-state index is 13.1. The van der Waals surface area contributed by atoms with Crippen LogP contribution < -0.4 is 4.90 Å². The quantitative estimate of drug-likeness (QED) is 0.657. The molecule has 4 nitrogen and oxygen atoms in total. The minimum Gasteiger partial charge on any atom is -0.347 e. The molecule has 1 fully saturated rings. The molecule has 2 heterocycles. The summed E-state index contributed by atoms with van der Waals surface area (Å²) >= 11 is 0. The first-order chi connectivity index (χ1) is 12.6. The molecule has 1 aliphatic rings. The highest BCUT2D eigenvalue weighted by atomic mass is 16.2. The van der Waals surface area contributed by atoms with Gasteiger partial charge in [0.15, 0.2) is 0 Å². The lowest BCUT2D eigenvalue weighted by Crippen LogP contribution is -2.29. The molecule has 4 heteroatoms. The molecule has 0 radical (unpaired) electrons. The van der Waals surface area contributed by atoms with Crippen molar-refractivity contribution in [3.63, 3.8) is 0 Å². The van der Waals surface area contributed by atoms with Crippen LogP contribution in [0.4, 0.5) is 5.69 Å². The smallest absolute Gasteiger partial charge is 0.241 e. The van der Waals surface area contributed by atoms with Gasteiger partial charge in [0.25, 0.3) is 0 Å². The zero-order valence-corrected chi connectivity index (χ0v) is 15.1. The number of anilines is 1. The first-order valence-electron chi connectivity index (χ1n) is 9.11. The molecule has 0 spiro atoms. The lowest BCUT2D eigenvalue weighted by Gasteiger charge is -2.15. The molecule has 2 aromatic carbocycles. The molecule has 0 aliphatic carbocycles. The maximum Gasteiger partial charge on any atom is 0.241 e. The van der Waals surface area contributed by atoms with Crippen LogP contribution in [0.5, 0.6) is 0 Å². The molecule has 0 unspecified atom stereocenters. The number of nitrogens with zero attached hydrogens (tertiary/aromatic N) is 2. The number of hydrogen-bond donors (Lipinski definition) is 0. The van der Waals surface area contributed by atoms with Crippen molar-refractivity contribution in [2.75, 3.05) is 4.90 Å². The number of carbonyl (C=O) groups is 2. The van der Waals surface area contributed by atoms with Crippen LogP contribution in [0.25, 0.3) is 10.9 Å². The predicted octanol–water partition coefficient (Wildman–Crippen LogP) is 4.41. The van der Waals surface area contributed by atoms with Crippen LogP contribution in [-0.4, -0.2) is 16.4 Å². The van der Waals surface area contributed by atoms with Gasteiger partial charge >= 0.3 is 0 Å². The highest BCUT2D eigenvalue weighted by molar-refractivity contribution is 6.23. The fraction of sp³-hybridized carbons (Fsp3) is 0.273. The fourth-order valence-electron chi connectivity index (χ4n) is 3.82. The highest BCUT2D eigenvalue weighted by Crippen LogP contribution is 2.37. The Balaban J connectivity index is 1.75. The second-order valence-electron chi connectivity index (χ2n) is 6.95. The Morgan fingerprint density at radius 2 is 1.77 bits per heavy atom. The second kappa shape index (κ2) is 6.45. The van der Waals surface area contributed by atoms with Gasteiger partial charge in [-0.25, -0.2) is 0 Å². The van der Waals surface area contributed by atoms with Crippen LogP contribution in [0.1, 0.15) is 36.8 Å². The molecular formula is C22H22N2O2. The van der Waals surface area contributed by atoms with Gasteiger partial charge in [-0.15, -0.1) is 0 Å². The number of imide groups is 1. The van der Waals surface area contributed by atoms with Crippen LogP contribution in [-0.2, 0) is 16.1 Å². The fourth-order valence-corrected chi connectivity index (χ4v) is 3.82. The summed E-state index contributed by atoms with van der Waals surface area (Å²) in [5.41, 5.74) is 3.85. The Kier molecular flexibility index (Phi) is 4.11. The molecule has 4 rings (SSSR count). The van der Waals surface area contributed by atoms with E-state index >= 15 is 0 Å². The average molecular weight is 346 g/mol. The Morgan fingerprint density at radius 3 is 2.50 bits per heavy atom. The number of aryl methyl sites for hydroxylation is 2. The van der Waals surface area contributed by atoms with Crippen LogP contribution in [0.2, 0.25) is 0 Å².